The first kappa shape index (κ1) is 14.4. The van der Waals surface area contributed by atoms with Gasteiger partial charge in [-0.3, -0.25) is 0 Å². The van der Waals surface area contributed by atoms with Crippen molar-refractivity contribution in [3.63, 3.8) is 0 Å². The fourth-order valence-corrected chi connectivity index (χ4v) is 3.23. The zero-order chi connectivity index (χ0) is 15.0. The second kappa shape index (κ2) is 5.67. The van der Waals surface area contributed by atoms with Gasteiger partial charge in [0.25, 0.3) is 0 Å². The molecule has 0 saturated heterocycles. The molecule has 0 amide bonds. The summed E-state index contributed by atoms with van der Waals surface area (Å²) < 4.78 is 0. The average Bonchev–Trinajstić information content (AvgIpc) is 3.25. The zero-order valence-electron chi connectivity index (χ0n) is 13.5. The summed E-state index contributed by atoms with van der Waals surface area (Å²) in [4.78, 5) is 0. The summed E-state index contributed by atoms with van der Waals surface area (Å²) in [5.41, 5.74) is 7.10. The van der Waals surface area contributed by atoms with E-state index in [0.29, 0.717) is 11.8 Å². The van der Waals surface area contributed by atoms with E-state index in [0.717, 1.165) is 12.3 Å². The molecule has 1 fully saturated rings. The molecule has 2 aliphatic rings. The van der Waals surface area contributed by atoms with E-state index < -0.39 is 0 Å². The van der Waals surface area contributed by atoms with Gasteiger partial charge in [-0.25, -0.2) is 0 Å². The van der Waals surface area contributed by atoms with Crippen molar-refractivity contribution < 1.29 is 0 Å². The van der Waals surface area contributed by atoms with Crippen LogP contribution < -0.4 is 0 Å². The molecule has 110 valence electrons. The molecule has 0 heteroatoms. The Bertz CT molecular complexity index is 591. The van der Waals surface area contributed by atoms with Crippen LogP contribution in [0.15, 0.2) is 54.1 Å². The number of rotatable bonds is 5. The first-order valence-electron chi connectivity index (χ1n) is 8.31. The second-order valence-electron chi connectivity index (χ2n) is 6.80. The van der Waals surface area contributed by atoms with Gasteiger partial charge in [0.1, 0.15) is 0 Å². The first-order valence-corrected chi connectivity index (χ1v) is 8.31. The lowest BCUT2D eigenvalue weighted by Gasteiger charge is -2.18. The lowest BCUT2D eigenvalue weighted by Crippen LogP contribution is -2.03. The molecule has 1 atom stereocenters. The van der Waals surface area contributed by atoms with Crippen LogP contribution >= 0.6 is 0 Å². The van der Waals surface area contributed by atoms with Crippen molar-refractivity contribution in [1.82, 2.24) is 0 Å². The standard InChI is InChI=1S/C21H26/c1-5-15(4)16-6-10-18(11-7-16)21-13-19(17-8-9-17)12-20(21)14(2)3/h6-7,10-14,17,21H,4-5,8-9H2,1-3H3. The molecule has 1 saturated carbocycles. The lowest BCUT2D eigenvalue weighted by molar-refractivity contribution is 0.717. The normalized spacial score (nSPS) is 21.4. The van der Waals surface area contributed by atoms with E-state index in [1.807, 2.05) is 0 Å². The van der Waals surface area contributed by atoms with E-state index in [1.54, 1.807) is 11.1 Å². The molecule has 1 aromatic rings. The Morgan fingerprint density at radius 1 is 1.19 bits per heavy atom. The maximum atomic E-state index is 4.13. The zero-order valence-corrected chi connectivity index (χ0v) is 13.5. The SMILES string of the molecule is C=C(CC)c1ccc(C2C=C(C3CC3)C=C2C(C)C)cc1. The van der Waals surface area contributed by atoms with Gasteiger partial charge in [0.2, 0.25) is 0 Å². The number of hydrogen-bond donors (Lipinski definition) is 0. The number of allylic oxidation sites excluding steroid dienone is 5. The maximum Gasteiger partial charge on any atom is 0.0239 e. The third-order valence-electron chi connectivity index (χ3n) is 4.87. The molecule has 0 aliphatic heterocycles. The Kier molecular flexibility index (Phi) is 3.89. The quantitative estimate of drug-likeness (QED) is 0.608. The van der Waals surface area contributed by atoms with Gasteiger partial charge in [-0.2, -0.15) is 0 Å². The van der Waals surface area contributed by atoms with Crippen LogP contribution in [-0.4, -0.2) is 0 Å². The predicted molar refractivity (Wildman–Crippen MR) is 92.2 cm³/mol. The molecule has 1 unspecified atom stereocenters. The van der Waals surface area contributed by atoms with Crippen LogP contribution in [0.3, 0.4) is 0 Å². The van der Waals surface area contributed by atoms with Gasteiger partial charge >= 0.3 is 0 Å². The Morgan fingerprint density at radius 3 is 2.38 bits per heavy atom. The van der Waals surface area contributed by atoms with E-state index in [1.165, 1.54) is 29.5 Å². The molecule has 0 N–H and O–H groups in total. The van der Waals surface area contributed by atoms with Gasteiger partial charge in [0.15, 0.2) is 0 Å². The van der Waals surface area contributed by atoms with Crippen LogP contribution in [0.25, 0.3) is 5.57 Å². The Labute approximate surface area is 129 Å². The highest BCUT2D eigenvalue weighted by atomic mass is 14.4. The third-order valence-corrected chi connectivity index (χ3v) is 4.87. The molecular formula is C21H26. The van der Waals surface area contributed by atoms with E-state index in [2.05, 4.69) is 63.8 Å². The largest absolute Gasteiger partial charge is 0.0952 e. The van der Waals surface area contributed by atoms with Crippen LogP contribution in [0.5, 0.6) is 0 Å². The summed E-state index contributed by atoms with van der Waals surface area (Å²) in [6, 6.07) is 9.07. The van der Waals surface area contributed by atoms with Crippen molar-refractivity contribution in [1.29, 1.82) is 0 Å². The van der Waals surface area contributed by atoms with Crippen molar-refractivity contribution in [3.05, 3.63) is 65.3 Å². The summed E-state index contributed by atoms with van der Waals surface area (Å²) in [6.45, 7) is 10.9. The Balaban J connectivity index is 1.88. The summed E-state index contributed by atoms with van der Waals surface area (Å²) in [5, 5.41) is 0. The van der Waals surface area contributed by atoms with Crippen molar-refractivity contribution >= 4 is 5.57 Å². The highest BCUT2D eigenvalue weighted by molar-refractivity contribution is 5.63. The highest BCUT2D eigenvalue weighted by Crippen LogP contribution is 2.46. The van der Waals surface area contributed by atoms with Gasteiger partial charge in [-0.1, -0.05) is 69.3 Å². The van der Waals surface area contributed by atoms with Gasteiger partial charge in [-0.05, 0) is 53.4 Å². The molecule has 1 aromatic carbocycles. The van der Waals surface area contributed by atoms with Crippen molar-refractivity contribution in [2.75, 3.05) is 0 Å². The molecule has 3 rings (SSSR count). The molecular weight excluding hydrogens is 252 g/mol. The molecule has 0 aromatic heterocycles. The van der Waals surface area contributed by atoms with E-state index >= 15 is 0 Å². The second-order valence-corrected chi connectivity index (χ2v) is 6.80. The summed E-state index contributed by atoms with van der Waals surface area (Å²) in [5.74, 6) is 1.96. The lowest BCUT2D eigenvalue weighted by atomic mass is 9.86. The minimum atomic E-state index is 0.490. The molecule has 0 nitrogen and oxygen atoms in total. The van der Waals surface area contributed by atoms with Gasteiger partial charge in [0.05, 0.1) is 0 Å². The van der Waals surface area contributed by atoms with Crippen molar-refractivity contribution in [3.8, 4) is 0 Å². The minimum absolute atomic E-state index is 0.490. The Hall–Kier alpha value is -1.56. The molecule has 0 bridgehead atoms. The fraction of sp³-hybridized carbons (Fsp3) is 0.429. The van der Waals surface area contributed by atoms with E-state index in [9.17, 15) is 0 Å². The van der Waals surface area contributed by atoms with Crippen molar-refractivity contribution in [2.45, 2.75) is 46.0 Å². The minimum Gasteiger partial charge on any atom is -0.0952 e. The molecule has 0 spiro atoms. The van der Waals surface area contributed by atoms with Crippen LogP contribution in [0.4, 0.5) is 0 Å². The Morgan fingerprint density at radius 2 is 1.86 bits per heavy atom. The van der Waals surface area contributed by atoms with Crippen LogP contribution in [-0.2, 0) is 0 Å². The summed E-state index contributed by atoms with van der Waals surface area (Å²) in [7, 11) is 0. The first-order chi connectivity index (χ1) is 10.1. The van der Waals surface area contributed by atoms with E-state index in [4.69, 9.17) is 0 Å². The maximum absolute atomic E-state index is 4.13. The third kappa shape index (κ3) is 2.90. The predicted octanol–water partition coefficient (Wildman–Crippen LogP) is 6.13. The van der Waals surface area contributed by atoms with Crippen LogP contribution in [0.1, 0.15) is 57.1 Å². The number of hydrogen-bond acceptors (Lipinski definition) is 0. The average molecular weight is 278 g/mol. The van der Waals surface area contributed by atoms with Gasteiger partial charge < -0.3 is 0 Å². The van der Waals surface area contributed by atoms with Crippen LogP contribution in [0, 0.1) is 11.8 Å². The topological polar surface area (TPSA) is 0 Å². The van der Waals surface area contributed by atoms with E-state index in [-0.39, 0.29) is 0 Å². The van der Waals surface area contributed by atoms with Crippen LogP contribution in [0.2, 0.25) is 0 Å². The molecule has 0 heterocycles. The molecule has 21 heavy (non-hydrogen) atoms. The molecule has 0 radical (unpaired) electrons. The monoisotopic (exact) mass is 278 g/mol. The molecule has 2 aliphatic carbocycles. The van der Waals surface area contributed by atoms with Gasteiger partial charge in [0, 0.05) is 5.92 Å². The highest BCUT2D eigenvalue weighted by Gasteiger charge is 2.31. The van der Waals surface area contributed by atoms with Crippen molar-refractivity contribution in [2.24, 2.45) is 11.8 Å². The van der Waals surface area contributed by atoms with Gasteiger partial charge in [-0.15, -0.1) is 0 Å². The summed E-state index contributed by atoms with van der Waals surface area (Å²) in [6.07, 6.45) is 8.78. The summed E-state index contributed by atoms with van der Waals surface area (Å²) >= 11 is 0. The smallest absolute Gasteiger partial charge is 0.0239 e. The number of benzene rings is 1. The fourth-order valence-electron chi connectivity index (χ4n) is 3.23.